The molecule has 0 saturated heterocycles. The monoisotopic (exact) mass is 442 g/mol. The molecule has 168 valence electrons. The van der Waals surface area contributed by atoms with E-state index in [2.05, 4.69) is 50.4 Å². The molecule has 1 N–H and O–H groups in total. The minimum absolute atomic E-state index is 0.0133. The molecule has 0 bridgehead atoms. The minimum atomic E-state index is -0.572. The van der Waals surface area contributed by atoms with Gasteiger partial charge in [-0.1, -0.05) is 68.8 Å². The van der Waals surface area contributed by atoms with E-state index in [4.69, 9.17) is 11.6 Å². The van der Waals surface area contributed by atoms with Gasteiger partial charge < -0.3 is 10.2 Å². The van der Waals surface area contributed by atoms with Gasteiger partial charge in [-0.05, 0) is 61.4 Å². The van der Waals surface area contributed by atoms with Gasteiger partial charge in [-0.25, -0.2) is 0 Å². The maximum absolute atomic E-state index is 13.2. The Labute approximate surface area is 192 Å². The molecule has 2 rings (SSSR count). The molecule has 0 aliphatic rings. The van der Waals surface area contributed by atoms with Gasteiger partial charge in [-0.3, -0.25) is 9.59 Å². The summed E-state index contributed by atoms with van der Waals surface area (Å²) in [6.07, 6.45) is 0.975. The van der Waals surface area contributed by atoms with Crippen LogP contribution in [0.2, 0.25) is 5.02 Å². The molecule has 0 fully saturated rings. The molecule has 5 heteroatoms. The fourth-order valence-corrected chi connectivity index (χ4v) is 3.60. The van der Waals surface area contributed by atoms with Crippen LogP contribution in [0.4, 0.5) is 0 Å². The zero-order valence-corrected chi connectivity index (χ0v) is 20.3. The highest BCUT2D eigenvalue weighted by Gasteiger charge is 2.26. The second kappa shape index (κ2) is 10.8. The van der Waals surface area contributed by atoms with Crippen molar-refractivity contribution in [1.82, 2.24) is 10.2 Å². The van der Waals surface area contributed by atoms with Crippen LogP contribution in [-0.2, 0) is 28.0 Å². The summed E-state index contributed by atoms with van der Waals surface area (Å²) in [6, 6.07) is 15.3. The topological polar surface area (TPSA) is 49.4 Å². The lowest BCUT2D eigenvalue weighted by Crippen LogP contribution is -2.49. The molecule has 0 heterocycles. The zero-order chi connectivity index (χ0) is 23.2. The van der Waals surface area contributed by atoms with Crippen LogP contribution in [-0.4, -0.2) is 28.8 Å². The van der Waals surface area contributed by atoms with Crippen molar-refractivity contribution < 1.29 is 9.59 Å². The standard InChI is InChI=1S/C26H35ClN2O2/c1-18(2)28-25(31)19(3)29(17-21-8-7-9-23(27)16-21)24(30)15-12-20-10-13-22(14-11-20)26(4,5)6/h7-11,13-14,16,18-19H,12,15,17H2,1-6H3,(H,28,31)/t19-/m0/s1. The second-order valence-corrected chi connectivity index (χ2v) is 9.87. The number of halogens is 1. The molecule has 2 aromatic carbocycles. The summed E-state index contributed by atoms with van der Waals surface area (Å²) in [6.45, 7) is 12.5. The molecule has 4 nitrogen and oxygen atoms in total. The van der Waals surface area contributed by atoms with Crippen LogP contribution < -0.4 is 5.32 Å². The number of hydrogen-bond donors (Lipinski definition) is 1. The Balaban J connectivity index is 2.14. The molecule has 0 aliphatic carbocycles. The van der Waals surface area contributed by atoms with Gasteiger partial charge in [-0.2, -0.15) is 0 Å². The van der Waals surface area contributed by atoms with Gasteiger partial charge in [0.05, 0.1) is 0 Å². The molecule has 2 aromatic rings. The van der Waals surface area contributed by atoms with Crippen LogP contribution in [0.15, 0.2) is 48.5 Å². The van der Waals surface area contributed by atoms with Crippen molar-refractivity contribution in [2.75, 3.05) is 0 Å². The largest absolute Gasteiger partial charge is 0.352 e. The number of nitrogens with zero attached hydrogens (tertiary/aromatic N) is 1. The smallest absolute Gasteiger partial charge is 0.242 e. The predicted molar refractivity (Wildman–Crippen MR) is 128 cm³/mol. The number of carbonyl (C=O) groups is 2. The summed E-state index contributed by atoms with van der Waals surface area (Å²) in [4.78, 5) is 27.5. The third-order valence-electron chi connectivity index (χ3n) is 5.29. The van der Waals surface area contributed by atoms with Gasteiger partial charge >= 0.3 is 0 Å². The first kappa shape index (κ1) is 24.9. The Morgan fingerprint density at radius 3 is 2.19 bits per heavy atom. The first-order chi connectivity index (χ1) is 14.5. The molecule has 0 aromatic heterocycles. The normalized spacial score (nSPS) is 12.5. The van der Waals surface area contributed by atoms with Crippen molar-refractivity contribution in [2.24, 2.45) is 0 Å². The highest BCUT2D eigenvalue weighted by Crippen LogP contribution is 2.23. The summed E-state index contributed by atoms with van der Waals surface area (Å²) in [5, 5.41) is 3.52. The molecular weight excluding hydrogens is 408 g/mol. The highest BCUT2D eigenvalue weighted by molar-refractivity contribution is 6.30. The van der Waals surface area contributed by atoms with Gasteiger partial charge in [-0.15, -0.1) is 0 Å². The number of hydrogen-bond acceptors (Lipinski definition) is 2. The second-order valence-electron chi connectivity index (χ2n) is 9.44. The van der Waals surface area contributed by atoms with E-state index in [9.17, 15) is 9.59 Å². The number of carbonyl (C=O) groups excluding carboxylic acids is 2. The van der Waals surface area contributed by atoms with Gasteiger partial charge in [0.15, 0.2) is 0 Å². The molecular formula is C26H35ClN2O2. The van der Waals surface area contributed by atoms with E-state index in [-0.39, 0.29) is 23.3 Å². The van der Waals surface area contributed by atoms with E-state index >= 15 is 0 Å². The van der Waals surface area contributed by atoms with Crippen molar-refractivity contribution in [1.29, 1.82) is 0 Å². The first-order valence-electron chi connectivity index (χ1n) is 10.9. The first-order valence-corrected chi connectivity index (χ1v) is 11.3. The molecule has 31 heavy (non-hydrogen) atoms. The number of rotatable bonds is 8. The third kappa shape index (κ3) is 7.70. The van der Waals surface area contributed by atoms with Gasteiger partial charge in [0, 0.05) is 24.0 Å². The summed E-state index contributed by atoms with van der Waals surface area (Å²) < 4.78 is 0. The molecule has 0 radical (unpaired) electrons. The van der Waals surface area contributed by atoms with Crippen molar-refractivity contribution in [3.63, 3.8) is 0 Å². The van der Waals surface area contributed by atoms with E-state index < -0.39 is 6.04 Å². The maximum Gasteiger partial charge on any atom is 0.242 e. The summed E-state index contributed by atoms with van der Waals surface area (Å²) in [7, 11) is 0. The fourth-order valence-electron chi connectivity index (χ4n) is 3.39. The van der Waals surface area contributed by atoms with E-state index in [0.717, 1.165) is 11.1 Å². The summed E-state index contributed by atoms with van der Waals surface area (Å²) >= 11 is 6.12. The molecule has 0 saturated carbocycles. The zero-order valence-electron chi connectivity index (χ0n) is 19.5. The average Bonchev–Trinajstić information content (AvgIpc) is 2.69. The van der Waals surface area contributed by atoms with Gasteiger partial charge in [0.2, 0.25) is 11.8 Å². The van der Waals surface area contributed by atoms with Crippen LogP contribution in [0.1, 0.15) is 64.7 Å². The summed E-state index contributed by atoms with van der Waals surface area (Å²) in [5.41, 5.74) is 3.38. The maximum atomic E-state index is 13.2. The quantitative estimate of drug-likeness (QED) is 0.585. The van der Waals surface area contributed by atoms with Crippen molar-refractivity contribution in [2.45, 2.75) is 78.4 Å². The third-order valence-corrected chi connectivity index (χ3v) is 5.52. The Hall–Kier alpha value is -2.33. The van der Waals surface area contributed by atoms with Crippen LogP contribution >= 0.6 is 11.6 Å². The molecule has 0 spiro atoms. The van der Waals surface area contributed by atoms with Crippen LogP contribution in [0, 0.1) is 0 Å². The van der Waals surface area contributed by atoms with Gasteiger partial charge in [0.1, 0.15) is 6.04 Å². The van der Waals surface area contributed by atoms with Crippen molar-refractivity contribution in [3.8, 4) is 0 Å². The molecule has 0 aliphatic heterocycles. The fraction of sp³-hybridized carbons (Fsp3) is 0.462. The average molecular weight is 443 g/mol. The number of amides is 2. The number of aryl methyl sites for hydroxylation is 1. The van der Waals surface area contributed by atoms with Crippen molar-refractivity contribution >= 4 is 23.4 Å². The lowest BCUT2D eigenvalue weighted by molar-refractivity contribution is -0.140. The Bertz CT molecular complexity index is 885. The minimum Gasteiger partial charge on any atom is -0.352 e. The summed E-state index contributed by atoms with van der Waals surface area (Å²) in [5.74, 6) is -0.203. The van der Waals surface area contributed by atoms with E-state index in [1.54, 1.807) is 17.9 Å². The van der Waals surface area contributed by atoms with E-state index in [1.807, 2.05) is 32.0 Å². The van der Waals surface area contributed by atoms with Crippen LogP contribution in [0.3, 0.4) is 0 Å². The molecule has 1 atom stereocenters. The highest BCUT2D eigenvalue weighted by atomic mass is 35.5. The Morgan fingerprint density at radius 1 is 1.00 bits per heavy atom. The number of benzene rings is 2. The molecule has 0 unspecified atom stereocenters. The van der Waals surface area contributed by atoms with E-state index in [1.165, 1.54) is 5.56 Å². The lowest BCUT2D eigenvalue weighted by atomic mass is 9.86. The molecule has 2 amide bonds. The predicted octanol–water partition coefficient (Wildman–Crippen LogP) is 5.51. The Morgan fingerprint density at radius 2 is 1.65 bits per heavy atom. The number of nitrogens with one attached hydrogen (secondary N) is 1. The SMILES string of the molecule is CC(C)NC(=O)[C@H](C)N(Cc1cccc(Cl)c1)C(=O)CCc1ccc(C(C)(C)C)cc1. The van der Waals surface area contributed by atoms with Crippen molar-refractivity contribution in [3.05, 3.63) is 70.2 Å². The van der Waals surface area contributed by atoms with Crippen LogP contribution in [0.5, 0.6) is 0 Å². The van der Waals surface area contributed by atoms with Crippen LogP contribution in [0.25, 0.3) is 0 Å². The Kier molecular flexibility index (Phi) is 8.69. The van der Waals surface area contributed by atoms with E-state index in [0.29, 0.717) is 24.4 Å². The lowest BCUT2D eigenvalue weighted by Gasteiger charge is -2.29. The van der Waals surface area contributed by atoms with Gasteiger partial charge in [0.25, 0.3) is 0 Å².